The fourth-order valence-electron chi connectivity index (χ4n) is 3.35. The number of carboxylic acid groups (broad SMARTS) is 1. The van der Waals surface area contributed by atoms with Crippen molar-refractivity contribution in [3.63, 3.8) is 0 Å². The number of aliphatic carboxylic acids is 1. The van der Waals surface area contributed by atoms with Crippen molar-refractivity contribution in [2.24, 2.45) is 0 Å². The third-order valence-electron chi connectivity index (χ3n) is 4.70. The van der Waals surface area contributed by atoms with E-state index in [0.717, 1.165) is 48.8 Å². The van der Waals surface area contributed by atoms with E-state index in [1.807, 2.05) is 42.2 Å². The molecule has 8 heteroatoms. The zero-order valence-corrected chi connectivity index (χ0v) is 17.9. The van der Waals surface area contributed by atoms with E-state index in [1.54, 1.807) is 11.8 Å². The number of nitrogens with zero attached hydrogens (tertiary/aromatic N) is 2. The first kappa shape index (κ1) is 24.5. The number of piperidine rings is 1. The zero-order valence-electron chi connectivity index (χ0n) is 16.3. The van der Waals surface area contributed by atoms with Gasteiger partial charge in [0, 0.05) is 29.8 Å². The molecule has 156 valence electrons. The molecule has 0 aromatic heterocycles. The normalized spacial score (nSPS) is 15.1. The lowest BCUT2D eigenvalue weighted by atomic mass is 10.0. The van der Waals surface area contributed by atoms with Gasteiger partial charge in [-0.2, -0.15) is 0 Å². The highest BCUT2D eigenvalue weighted by Crippen LogP contribution is 2.27. The standard InChI is InChI=1S/C20H29N3O3S.ClH/c1-3-13-27-18-8-6-5-7-17(18)21-19(24)14-22-11-9-16(10-12-22)23(4-2)15-20(25)26;/h3,5-8,16H,1,4,9-15H2,2H3,(H,21,24)(H,25,26);1H. The molecule has 1 heterocycles. The summed E-state index contributed by atoms with van der Waals surface area (Å²) in [5, 5.41) is 12.0. The molecular formula is C20H30ClN3O3S. The van der Waals surface area contributed by atoms with Crippen LogP contribution in [-0.4, -0.2) is 71.3 Å². The maximum absolute atomic E-state index is 12.5. The van der Waals surface area contributed by atoms with Gasteiger partial charge in [-0.05, 0) is 31.5 Å². The molecular weight excluding hydrogens is 398 g/mol. The summed E-state index contributed by atoms with van der Waals surface area (Å²) in [7, 11) is 0. The van der Waals surface area contributed by atoms with Crippen LogP contribution >= 0.6 is 24.2 Å². The third kappa shape index (κ3) is 7.83. The first-order valence-electron chi connectivity index (χ1n) is 9.34. The van der Waals surface area contributed by atoms with E-state index >= 15 is 0 Å². The summed E-state index contributed by atoms with van der Waals surface area (Å²) in [4.78, 5) is 28.6. The number of amides is 1. The van der Waals surface area contributed by atoms with Gasteiger partial charge < -0.3 is 10.4 Å². The van der Waals surface area contributed by atoms with Crippen LogP contribution in [0.15, 0.2) is 41.8 Å². The number of hydrogen-bond donors (Lipinski definition) is 2. The number of para-hydroxylation sites is 1. The highest BCUT2D eigenvalue weighted by atomic mass is 35.5. The molecule has 2 rings (SSSR count). The molecule has 0 aliphatic carbocycles. The number of likely N-dealkylation sites (N-methyl/N-ethyl adjacent to an activating group) is 1. The Balaban J connectivity index is 0.00000392. The summed E-state index contributed by atoms with van der Waals surface area (Å²) in [6.07, 6.45) is 3.62. The summed E-state index contributed by atoms with van der Waals surface area (Å²) >= 11 is 1.65. The Hall–Kier alpha value is -1.54. The second-order valence-electron chi connectivity index (χ2n) is 6.61. The van der Waals surface area contributed by atoms with E-state index in [4.69, 9.17) is 5.11 Å². The van der Waals surface area contributed by atoms with Gasteiger partial charge in [0.2, 0.25) is 5.91 Å². The second kappa shape index (κ2) is 12.8. The molecule has 2 N–H and O–H groups in total. The van der Waals surface area contributed by atoms with E-state index in [1.165, 1.54) is 0 Å². The number of anilines is 1. The molecule has 6 nitrogen and oxygen atoms in total. The molecule has 1 aliphatic heterocycles. The third-order valence-corrected chi connectivity index (χ3v) is 5.77. The van der Waals surface area contributed by atoms with Gasteiger partial charge in [0.1, 0.15) is 0 Å². The minimum Gasteiger partial charge on any atom is -0.480 e. The summed E-state index contributed by atoms with van der Waals surface area (Å²) < 4.78 is 0. The fraction of sp³-hybridized carbons (Fsp3) is 0.500. The van der Waals surface area contributed by atoms with E-state index < -0.39 is 5.97 Å². The minimum absolute atomic E-state index is 0. The monoisotopic (exact) mass is 427 g/mol. The first-order valence-corrected chi connectivity index (χ1v) is 10.3. The number of carbonyl (C=O) groups is 2. The molecule has 1 fully saturated rings. The molecule has 0 unspecified atom stereocenters. The molecule has 1 aliphatic rings. The number of halogens is 1. The van der Waals surface area contributed by atoms with Crippen LogP contribution in [0.3, 0.4) is 0 Å². The Morgan fingerprint density at radius 2 is 2.04 bits per heavy atom. The van der Waals surface area contributed by atoms with Crippen LogP contribution in [0.25, 0.3) is 0 Å². The lowest BCUT2D eigenvalue weighted by molar-refractivity contribution is -0.139. The number of hydrogen-bond acceptors (Lipinski definition) is 5. The Bertz CT molecular complexity index is 651. The van der Waals surface area contributed by atoms with Gasteiger partial charge in [-0.15, -0.1) is 30.7 Å². The number of carbonyl (C=O) groups excluding carboxylic acids is 1. The van der Waals surface area contributed by atoms with Crippen molar-refractivity contribution in [1.29, 1.82) is 0 Å². The predicted octanol–water partition coefficient (Wildman–Crippen LogP) is 3.20. The van der Waals surface area contributed by atoms with Gasteiger partial charge in [-0.1, -0.05) is 25.1 Å². The average Bonchev–Trinajstić information content (AvgIpc) is 2.66. The summed E-state index contributed by atoms with van der Waals surface area (Å²) in [5.41, 5.74) is 0.836. The van der Waals surface area contributed by atoms with Gasteiger partial charge >= 0.3 is 5.97 Å². The largest absolute Gasteiger partial charge is 0.480 e. The zero-order chi connectivity index (χ0) is 19.6. The van der Waals surface area contributed by atoms with E-state index in [0.29, 0.717) is 6.54 Å². The van der Waals surface area contributed by atoms with E-state index in [-0.39, 0.29) is 30.9 Å². The Morgan fingerprint density at radius 1 is 1.36 bits per heavy atom. The molecule has 1 aromatic rings. The Labute approximate surface area is 177 Å². The summed E-state index contributed by atoms with van der Waals surface area (Å²) in [6.45, 7) is 8.51. The number of thioether (sulfide) groups is 1. The van der Waals surface area contributed by atoms with Crippen molar-refractivity contribution in [3.05, 3.63) is 36.9 Å². The van der Waals surface area contributed by atoms with Crippen LogP contribution in [0.4, 0.5) is 5.69 Å². The lowest BCUT2D eigenvalue weighted by Crippen LogP contribution is -2.48. The van der Waals surface area contributed by atoms with Crippen LogP contribution in [0.2, 0.25) is 0 Å². The summed E-state index contributed by atoms with van der Waals surface area (Å²) in [6, 6.07) is 8.07. The molecule has 1 saturated heterocycles. The lowest BCUT2D eigenvalue weighted by Gasteiger charge is -2.37. The minimum atomic E-state index is -0.786. The molecule has 0 bridgehead atoms. The van der Waals surface area contributed by atoms with E-state index in [2.05, 4.69) is 16.8 Å². The quantitative estimate of drug-likeness (QED) is 0.441. The number of nitrogens with one attached hydrogen (secondary N) is 1. The Morgan fingerprint density at radius 3 is 2.64 bits per heavy atom. The van der Waals surface area contributed by atoms with Crippen molar-refractivity contribution in [3.8, 4) is 0 Å². The summed E-state index contributed by atoms with van der Waals surface area (Å²) in [5.74, 6) is -0.00497. The van der Waals surface area contributed by atoms with Crippen molar-refractivity contribution in [2.75, 3.05) is 43.8 Å². The molecule has 0 atom stereocenters. The Kier molecular flexibility index (Phi) is 11.2. The molecule has 0 saturated carbocycles. The molecule has 0 spiro atoms. The second-order valence-corrected chi connectivity index (χ2v) is 7.67. The molecule has 28 heavy (non-hydrogen) atoms. The highest BCUT2D eigenvalue weighted by molar-refractivity contribution is 7.99. The number of likely N-dealkylation sites (tertiary alicyclic amines) is 1. The predicted molar refractivity (Wildman–Crippen MR) is 118 cm³/mol. The van der Waals surface area contributed by atoms with Crippen molar-refractivity contribution in [2.45, 2.75) is 30.7 Å². The highest BCUT2D eigenvalue weighted by Gasteiger charge is 2.26. The van der Waals surface area contributed by atoms with Crippen molar-refractivity contribution >= 4 is 41.7 Å². The van der Waals surface area contributed by atoms with Gasteiger partial charge in [0.25, 0.3) is 0 Å². The van der Waals surface area contributed by atoms with Crippen LogP contribution in [0, 0.1) is 0 Å². The first-order chi connectivity index (χ1) is 13.0. The van der Waals surface area contributed by atoms with Gasteiger partial charge in [0.05, 0.1) is 18.8 Å². The maximum atomic E-state index is 12.5. The number of benzene rings is 1. The SMILES string of the molecule is C=CCSc1ccccc1NC(=O)CN1CCC(N(CC)CC(=O)O)CC1.Cl. The smallest absolute Gasteiger partial charge is 0.317 e. The van der Waals surface area contributed by atoms with Crippen LogP contribution in [-0.2, 0) is 9.59 Å². The average molecular weight is 428 g/mol. The molecule has 0 radical (unpaired) electrons. The fourth-order valence-corrected chi connectivity index (χ4v) is 4.10. The number of rotatable bonds is 10. The topological polar surface area (TPSA) is 72.9 Å². The van der Waals surface area contributed by atoms with Crippen LogP contribution in [0.5, 0.6) is 0 Å². The van der Waals surface area contributed by atoms with Crippen molar-refractivity contribution < 1.29 is 14.7 Å². The van der Waals surface area contributed by atoms with Gasteiger partial charge in [-0.3, -0.25) is 19.4 Å². The van der Waals surface area contributed by atoms with E-state index in [9.17, 15) is 9.59 Å². The van der Waals surface area contributed by atoms with Crippen molar-refractivity contribution in [1.82, 2.24) is 9.80 Å². The van der Waals surface area contributed by atoms with Crippen LogP contribution in [0.1, 0.15) is 19.8 Å². The number of carboxylic acids is 1. The molecule has 1 aromatic carbocycles. The van der Waals surface area contributed by atoms with Gasteiger partial charge in [-0.25, -0.2) is 0 Å². The van der Waals surface area contributed by atoms with Gasteiger partial charge in [0.15, 0.2) is 0 Å². The maximum Gasteiger partial charge on any atom is 0.317 e. The van der Waals surface area contributed by atoms with Crippen LogP contribution < -0.4 is 5.32 Å². The molecule has 1 amide bonds.